The zero-order chi connectivity index (χ0) is 11.8. The molecule has 3 rings (SSSR count). The molecule has 2 heteroatoms. The highest BCUT2D eigenvalue weighted by Gasteiger charge is 2.42. The Bertz CT molecular complexity index is 295. The van der Waals surface area contributed by atoms with Crippen LogP contribution in [0, 0.1) is 23.7 Å². The Hall–Kier alpha value is -0.530. The first-order chi connectivity index (χ1) is 8.24. The van der Waals surface area contributed by atoms with Crippen molar-refractivity contribution >= 4 is 5.91 Å². The fourth-order valence-electron chi connectivity index (χ4n) is 4.54. The molecule has 3 fully saturated rings. The Morgan fingerprint density at radius 3 is 2.47 bits per heavy atom. The molecule has 0 spiro atoms. The Kier molecular flexibility index (Phi) is 3.14. The van der Waals surface area contributed by atoms with Crippen LogP contribution in [0.1, 0.15) is 58.3 Å². The van der Waals surface area contributed by atoms with Crippen molar-refractivity contribution in [2.45, 2.75) is 64.3 Å². The fourth-order valence-corrected chi connectivity index (χ4v) is 4.54. The van der Waals surface area contributed by atoms with Gasteiger partial charge in [-0.15, -0.1) is 0 Å². The minimum absolute atomic E-state index is 0.330. The molecule has 96 valence electrons. The zero-order valence-corrected chi connectivity index (χ0v) is 11.0. The Morgan fingerprint density at radius 2 is 1.88 bits per heavy atom. The van der Waals surface area contributed by atoms with Gasteiger partial charge in [-0.3, -0.25) is 4.79 Å². The van der Waals surface area contributed by atoms with E-state index in [0.717, 1.165) is 30.6 Å². The van der Waals surface area contributed by atoms with E-state index in [4.69, 9.17) is 0 Å². The molecular formula is C15H25NO. The van der Waals surface area contributed by atoms with Crippen LogP contribution in [0.25, 0.3) is 0 Å². The zero-order valence-electron chi connectivity index (χ0n) is 11.0. The summed E-state index contributed by atoms with van der Waals surface area (Å²) in [6.07, 6.45) is 10.4. The summed E-state index contributed by atoms with van der Waals surface area (Å²) in [4.78, 5) is 12.1. The first kappa shape index (κ1) is 11.6. The van der Waals surface area contributed by atoms with Crippen molar-refractivity contribution in [3.8, 4) is 0 Å². The maximum absolute atomic E-state index is 12.1. The lowest BCUT2D eigenvalue weighted by Gasteiger charge is -2.29. The number of nitrogens with one attached hydrogen (secondary N) is 1. The summed E-state index contributed by atoms with van der Waals surface area (Å²) >= 11 is 0. The Balaban J connectivity index is 1.52. The molecule has 17 heavy (non-hydrogen) atoms. The second kappa shape index (κ2) is 4.62. The van der Waals surface area contributed by atoms with E-state index in [9.17, 15) is 4.79 Å². The first-order valence-electron chi connectivity index (χ1n) is 7.54. The second-order valence-electron chi connectivity index (χ2n) is 6.62. The maximum Gasteiger partial charge on any atom is 0.223 e. The van der Waals surface area contributed by atoms with Crippen LogP contribution in [0.3, 0.4) is 0 Å². The van der Waals surface area contributed by atoms with Gasteiger partial charge in [0.25, 0.3) is 0 Å². The largest absolute Gasteiger partial charge is 0.353 e. The highest BCUT2D eigenvalue weighted by molar-refractivity contribution is 5.79. The van der Waals surface area contributed by atoms with Gasteiger partial charge in [-0.1, -0.05) is 19.3 Å². The van der Waals surface area contributed by atoms with E-state index in [2.05, 4.69) is 12.2 Å². The van der Waals surface area contributed by atoms with Crippen LogP contribution in [0.2, 0.25) is 0 Å². The Labute approximate surface area is 105 Å². The molecule has 3 aliphatic rings. The van der Waals surface area contributed by atoms with Gasteiger partial charge in [-0.05, 0) is 56.8 Å². The van der Waals surface area contributed by atoms with Crippen molar-refractivity contribution < 1.29 is 4.79 Å². The van der Waals surface area contributed by atoms with Crippen LogP contribution in [-0.4, -0.2) is 11.9 Å². The van der Waals surface area contributed by atoms with Crippen molar-refractivity contribution in [2.75, 3.05) is 0 Å². The molecule has 0 heterocycles. The first-order valence-corrected chi connectivity index (χ1v) is 7.54. The third kappa shape index (κ3) is 2.23. The van der Waals surface area contributed by atoms with Crippen LogP contribution in [0.15, 0.2) is 0 Å². The standard InChI is InChI=1S/C15H25NO/c1-10(14-9-11-6-7-13(14)8-11)16-15(17)12-4-2-3-5-12/h10-14H,2-9H2,1H3,(H,16,17)/t10-,11-,13-,14+/m1/s1. The lowest BCUT2D eigenvalue weighted by Crippen LogP contribution is -2.42. The van der Waals surface area contributed by atoms with Gasteiger partial charge >= 0.3 is 0 Å². The SMILES string of the molecule is C[C@@H](NC(=O)C1CCCC1)[C@@H]1C[C@@H]2CC[C@@H]1C2. The quantitative estimate of drug-likeness (QED) is 0.800. The van der Waals surface area contributed by atoms with E-state index >= 15 is 0 Å². The summed E-state index contributed by atoms with van der Waals surface area (Å²) in [6.45, 7) is 2.23. The molecule has 0 aromatic heterocycles. The maximum atomic E-state index is 12.1. The predicted molar refractivity (Wildman–Crippen MR) is 68.5 cm³/mol. The number of rotatable bonds is 3. The van der Waals surface area contributed by atoms with E-state index < -0.39 is 0 Å². The molecule has 3 aliphatic carbocycles. The number of amides is 1. The van der Waals surface area contributed by atoms with E-state index in [1.807, 2.05) is 0 Å². The number of hydrogen-bond acceptors (Lipinski definition) is 1. The number of carbonyl (C=O) groups excluding carboxylic acids is 1. The molecule has 0 unspecified atom stereocenters. The Morgan fingerprint density at radius 1 is 1.12 bits per heavy atom. The van der Waals surface area contributed by atoms with Crippen molar-refractivity contribution in [1.29, 1.82) is 0 Å². The van der Waals surface area contributed by atoms with Gasteiger partial charge in [0, 0.05) is 12.0 Å². The summed E-state index contributed by atoms with van der Waals surface area (Å²) in [5.74, 6) is 3.35. The van der Waals surface area contributed by atoms with Gasteiger partial charge in [0.2, 0.25) is 5.91 Å². The topological polar surface area (TPSA) is 29.1 Å². The van der Waals surface area contributed by atoms with Crippen molar-refractivity contribution in [1.82, 2.24) is 5.32 Å². The molecule has 0 aliphatic heterocycles. The molecule has 0 saturated heterocycles. The highest BCUT2D eigenvalue weighted by Crippen LogP contribution is 2.49. The average Bonchev–Trinajstić information content (AvgIpc) is 3.05. The molecule has 0 aromatic carbocycles. The number of hydrogen-bond donors (Lipinski definition) is 1. The van der Waals surface area contributed by atoms with E-state index in [0.29, 0.717) is 17.9 Å². The summed E-state index contributed by atoms with van der Waals surface area (Å²) < 4.78 is 0. The summed E-state index contributed by atoms with van der Waals surface area (Å²) in [5.41, 5.74) is 0. The molecule has 0 aromatic rings. The molecule has 1 N–H and O–H groups in total. The van der Waals surface area contributed by atoms with Crippen LogP contribution in [0.4, 0.5) is 0 Å². The highest BCUT2D eigenvalue weighted by atomic mass is 16.1. The van der Waals surface area contributed by atoms with Crippen LogP contribution in [0.5, 0.6) is 0 Å². The minimum Gasteiger partial charge on any atom is -0.353 e. The van der Waals surface area contributed by atoms with Crippen LogP contribution < -0.4 is 5.32 Å². The summed E-state index contributed by atoms with van der Waals surface area (Å²) in [7, 11) is 0. The second-order valence-corrected chi connectivity index (χ2v) is 6.62. The number of fused-ring (bicyclic) bond motifs is 2. The van der Waals surface area contributed by atoms with E-state index in [-0.39, 0.29) is 0 Å². The molecule has 1 amide bonds. The molecule has 2 bridgehead atoms. The van der Waals surface area contributed by atoms with Crippen LogP contribution >= 0.6 is 0 Å². The van der Waals surface area contributed by atoms with E-state index in [1.165, 1.54) is 38.5 Å². The molecule has 3 saturated carbocycles. The van der Waals surface area contributed by atoms with E-state index in [1.54, 1.807) is 0 Å². The lowest BCUT2D eigenvalue weighted by molar-refractivity contribution is -0.125. The van der Waals surface area contributed by atoms with Gasteiger partial charge in [0.05, 0.1) is 0 Å². The smallest absolute Gasteiger partial charge is 0.223 e. The van der Waals surface area contributed by atoms with Gasteiger partial charge in [-0.25, -0.2) is 0 Å². The van der Waals surface area contributed by atoms with Crippen molar-refractivity contribution in [2.24, 2.45) is 23.7 Å². The average molecular weight is 235 g/mol. The summed E-state index contributed by atoms with van der Waals surface area (Å²) in [6, 6.07) is 0.415. The molecule has 2 nitrogen and oxygen atoms in total. The molecular weight excluding hydrogens is 210 g/mol. The third-order valence-corrected chi connectivity index (χ3v) is 5.53. The molecule has 0 radical (unpaired) electrons. The van der Waals surface area contributed by atoms with Crippen molar-refractivity contribution in [3.63, 3.8) is 0 Å². The van der Waals surface area contributed by atoms with Crippen molar-refractivity contribution in [3.05, 3.63) is 0 Å². The van der Waals surface area contributed by atoms with Gasteiger partial charge < -0.3 is 5.32 Å². The predicted octanol–water partition coefficient (Wildman–Crippen LogP) is 3.12. The third-order valence-electron chi connectivity index (χ3n) is 5.53. The fraction of sp³-hybridized carbons (Fsp3) is 0.933. The van der Waals surface area contributed by atoms with Crippen LogP contribution in [-0.2, 0) is 4.79 Å². The number of carbonyl (C=O) groups is 1. The monoisotopic (exact) mass is 235 g/mol. The van der Waals surface area contributed by atoms with Gasteiger partial charge in [0.15, 0.2) is 0 Å². The lowest BCUT2D eigenvalue weighted by atomic mass is 9.84. The minimum atomic E-state index is 0.330. The van der Waals surface area contributed by atoms with Gasteiger partial charge in [-0.2, -0.15) is 0 Å². The molecule has 4 atom stereocenters. The normalized spacial score (nSPS) is 38.5. The van der Waals surface area contributed by atoms with Gasteiger partial charge in [0.1, 0.15) is 0 Å². The summed E-state index contributed by atoms with van der Waals surface area (Å²) in [5, 5.41) is 3.31.